The molecule has 0 atom stereocenters. The molecular formula is C15H15N3OS. The molecule has 3 aromatic rings. The van der Waals surface area contributed by atoms with Gasteiger partial charge >= 0.3 is 0 Å². The van der Waals surface area contributed by atoms with E-state index in [1.807, 2.05) is 30.3 Å². The summed E-state index contributed by atoms with van der Waals surface area (Å²) in [5.41, 5.74) is 7.84. The monoisotopic (exact) mass is 285 g/mol. The molecular weight excluding hydrogens is 270 g/mol. The second-order valence-corrected chi connectivity index (χ2v) is 5.59. The predicted molar refractivity (Wildman–Crippen MR) is 79.7 cm³/mol. The van der Waals surface area contributed by atoms with Crippen LogP contribution in [0.25, 0.3) is 0 Å². The summed E-state index contributed by atoms with van der Waals surface area (Å²) < 4.78 is 5.28. The van der Waals surface area contributed by atoms with Gasteiger partial charge in [-0.2, -0.15) is 4.98 Å². The fourth-order valence-corrected chi connectivity index (χ4v) is 2.74. The van der Waals surface area contributed by atoms with Crippen molar-refractivity contribution in [2.75, 3.05) is 5.73 Å². The van der Waals surface area contributed by atoms with E-state index in [0.717, 1.165) is 29.9 Å². The van der Waals surface area contributed by atoms with Gasteiger partial charge in [0.15, 0.2) is 5.82 Å². The van der Waals surface area contributed by atoms with Crippen LogP contribution in [0.4, 0.5) is 5.69 Å². The number of thiophene rings is 1. The zero-order valence-electron chi connectivity index (χ0n) is 11.0. The molecule has 102 valence electrons. The maximum Gasteiger partial charge on any atom is 0.226 e. The molecule has 2 heterocycles. The normalized spacial score (nSPS) is 10.8. The Bertz CT molecular complexity index is 676. The van der Waals surface area contributed by atoms with Gasteiger partial charge in [0.25, 0.3) is 0 Å². The van der Waals surface area contributed by atoms with E-state index in [1.165, 1.54) is 4.88 Å². The predicted octanol–water partition coefficient (Wildman–Crippen LogP) is 3.09. The van der Waals surface area contributed by atoms with E-state index < -0.39 is 0 Å². The smallest absolute Gasteiger partial charge is 0.226 e. The minimum Gasteiger partial charge on any atom is -0.399 e. The second-order valence-electron chi connectivity index (χ2n) is 4.56. The van der Waals surface area contributed by atoms with Gasteiger partial charge in [-0.1, -0.05) is 29.4 Å². The number of hydrogen-bond acceptors (Lipinski definition) is 5. The van der Waals surface area contributed by atoms with Crippen molar-refractivity contribution in [1.82, 2.24) is 10.1 Å². The Labute approximate surface area is 121 Å². The summed E-state index contributed by atoms with van der Waals surface area (Å²) >= 11 is 1.70. The largest absolute Gasteiger partial charge is 0.399 e. The molecule has 20 heavy (non-hydrogen) atoms. The fraction of sp³-hybridized carbons (Fsp3) is 0.200. The number of nitrogen functional groups attached to an aromatic ring is 1. The molecule has 2 aromatic heterocycles. The van der Waals surface area contributed by atoms with Gasteiger partial charge in [0.1, 0.15) is 0 Å². The zero-order valence-corrected chi connectivity index (χ0v) is 11.8. The molecule has 0 fully saturated rings. The summed E-state index contributed by atoms with van der Waals surface area (Å²) in [6.07, 6.45) is 2.26. The Kier molecular flexibility index (Phi) is 3.78. The second kappa shape index (κ2) is 5.88. The molecule has 2 N–H and O–H groups in total. The molecule has 0 unspecified atom stereocenters. The van der Waals surface area contributed by atoms with E-state index in [-0.39, 0.29) is 0 Å². The van der Waals surface area contributed by atoms with E-state index in [0.29, 0.717) is 12.3 Å². The molecule has 4 nitrogen and oxygen atoms in total. The van der Waals surface area contributed by atoms with Crippen LogP contribution in [0.15, 0.2) is 46.3 Å². The molecule has 0 spiro atoms. The maximum atomic E-state index is 5.91. The Morgan fingerprint density at radius 1 is 1.10 bits per heavy atom. The molecule has 0 amide bonds. The quantitative estimate of drug-likeness (QED) is 0.732. The van der Waals surface area contributed by atoms with Crippen molar-refractivity contribution in [2.24, 2.45) is 0 Å². The molecule has 3 rings (SSSR count). The molecule has 0 aliphatic heterocycles. The number of nitrogens with two attached hydrogens (primary N) is 1. The van der Waals surface area contributed by atoms with E-state index >= 15 is 0 Å². The van der Waals surface area contributed by atoms with Crippen LogP contribution in [0.1, 0.15) is 22.2 Å². The summed E-state index contributed by atoms with van der Waals surface area (Å²) in [6, 6.07) is 12.0. The van der Waals surface area contributed by atoms with Crippen LogP contribution in [-0.2, 0) is 19.3 Å². The molecule has 0 aliphatic carbocycles. The van der Waals surface area contributed by atoms with E-state index in [9.17, 15) is 0 Å². The topological polar surface area (TPSA) is 64.9 Å². The number of anilines is 1. The molecule has 0 radical (unpaired) electrons. The minimum absolute atomic E-state index is 0.666. The van der Waals surface area contributed by atoms with Gasteiger partial charge in [0, 0.05) is 23.4 Å². The zero-order chi connectivity index (χ0) is 13.8. The van der Waals surface area contributed by atoms with Gasteiger partial charge < -0.3 is 10.3 Å². The first-order valence-corrected chi connectivity index (χ1v) is 7.36. The summed E-state index contributed by atoms with van der Waals surface area (Å²) in [7, 11) is 0. The number of hydrogen-bond donors (Lipinski definition) is 1. The van der Waals surface area contributed by atoms with Gasteiger partial charge in [-0.15, -0.1) is 11.3 Å². The van der Waals surface area contributed by atoms with Crippen LogP contribution in [0.2, 0.25) is 0 Å². The lowest BCUT2D eigenvalue weighted by atomic mass is 10.1. The fourth-order valence-electron chi connectivity index (χ4n) is 2.04. The van der Waals surface area contributed by atoms with Crippen molar-refractivity contribution in [1.29, 1.82) is 0 Å². The first-order chi connectivity index (χ1) is 9.81. The Balaban J connectivity index is 1.61. The van der Waals surface area contributed by atoms with Gasteiger partial charge in [0.2, 0.25) is 5.89 Å². The van der Waals surface area contributed by atoms with Crippen molar-refractivity contribution < 1.29 is 4.52 Å². The summed E-state index contributed by atoms with van der Waals surface area (Å²) in [6.45, 7) is 0. The van der Waals surface area contributed by atoms with Gasteiger partial charge in [-0.25, -0.2) is 0 Å². The van der Waals surface area contributed by atoms with Gasteiger partial charge in [-0.3, -0.25) is 0 Å². The van der Waals surface area contributed by atoms with Crippen molar-refractivity contribution >= 4 is 17.0 Å². The van der Waals surface area contributed by atoms with Crippen molar-refractivity contribution in [2.45, 2.75) is 19.3 Å². The SMILES string of the molecule is Nc1ccccc1CCc1nc(Cc2cccs2)no1. The van der Waals surface area contributed by atoms with Crippen molar-refractivity contribution in [3.63, 3.8) is 0 Å². The van der Waals surface area contributed by atoms with Crippen LogP contribution in [-0.4, -0.2) is 10.1 Å². The highest BCUT2D eigenvalue weighted by Crippen LogP contribution is 2.15. The van der Waals surface area contributed by atoms with E-state index in [2.05, 4.69) is 21.6 Å². The number of benzene rings is 1. The molecule has 0 bridgehead atoms. The third kappa shape index (κ3) is 3.05. The number of para-hydroxylation sites is 1. The summed E-state index contributed by atoms with van der Waals surface area (Å²) in [4.78, 5) is 5.66. The van der Waals surface area contributed by atoms with E-state index in [4.69, 9.17) is 10.3 Å². The van der Waals surface area contributed by atoms with Crippen LogP contribution in [0.5, 0.6) is 0 Å². The highest BCUT2D eigenvalue weighted by Gasteiger charge is 2.08. The summed E-state index contributed by atoms with van der Waals surface area (Å²) in [5, 5.41) is 6.07. The Morgan fingerprint density at radius 2 is 2.00 bits per heavy atom. The number of nitrogens with zero attached hydrogens (tertiary/aromatic N) is 2. The number of aromatic nitrogens is 2. The van der Waals surface area contributed by atoms with Crippen LogP contribution < -0.4 is 5.73 Å². The first kappa shape index (κ1) is 12.9. The number of aryl methyl sites for hydroxylation is 2. The Hall–Kier alpha value is -2.14. The summed E-state index contributed by atoms with van der Waals surface area (Å²) in [5.74, 6) is 1.41. The lowest BCUT2D eigenvalue weighted by Gasteiger charge is -2.02. The van der Waals surface area contributed by atoms with E-state index in [1.54, 1.807) is 11.3 Å². The highest BCUT2D eigenvalue weighted by atomic mass is 32.1. The molecule has 0 saturated heterocycles. The van der Waals surface area contributed by atoms with Gasteiger partial charge in [0.05, 0.1) is 0 Å². The minimum atomic E-state index is 0.666. The number of rotatable bonds is 5. The van der Waals surface area contributed by atoms with Crippen molar-refractivity contribution in [3.8, 4) is 0 Å². The van der Waals surface area contributed by atoms with Crippen molar-refractivity contribution in [3.05, 3.63) is 63.9 Å². The van der Waals surface area contributed by atoms with Gasteiger partial charge in [-0.05, 0) is 29.5 Å². The Morgan fingerprint density at radius 3 is 2.80 bits per heavy atom. The molecule has 0 saturated carbocycles. The van der Waals surface area contributed by atoms with Crippen LogP contribution in [0, 0.1) is 0 Å². The lowest BCUT2D eigenvalue weighted by Crippen LogP contribution is -1.97. The molecule has 5 heteroatoms. The average molecular weight is 285 g/mol. The third-order valence-corrected chi connectivity index (χ3v) is 3.96. The van der Waals surface area contributed by atoms with Crippen LogP contribution >= 0.6 is 11.3 Å². The molecule has 1 aromatic carbocycles. The first-order valence-electron chi connectivity index (χ1n) is 6.48. The third-order valence-electron chi connectivity index (χ3n) is 3.09. The van der Waals surface area contributed by atoms with Crippen LogP contribution in [0.3, 0.4) is 0 Å². The standard InChI is InChI=1S/C15H15N3OS/c16-13-6-2-1-4-11(13)7-8-15-17-14(18-19-15)10-12-5-3-9-20-12/h1-6,9H,7-8,10,16H2. The average Bonchev–Trinajstić information content (AvgIpc) is 3.10. The molecule has 0 aliphatic rings. The lowest BCUT2D eigenvalue weighted by molar-refractivity contribution is 0.374. The highest BCUT2D eigenvalue weighted by molar-refractivity contribution is 7.09. The maximum absolute atomic E-state index is 5.91.